The largest absolute Gasteiger partial charge is 0.443 e. The average molecular weight is 234 g/mol. The average Bonchev–Trinajstić information content (AvgIpc) is 1.43. The van der Waals surface area contributed by atoms with Gasteiger partial charge in [0.15, 0.2) is 8.32 Å². The van der Waals surface area contributed by atoms with Crippen LogP contribution in [0.5, 0.6) is 0 Å². The molecule has 0 rings (SSSR count). The van der Waals surface area contributed by atoms with Crippen molar-refractivity contribution in [2.45, 2.75) is 39.3 Å². The summed E-state index contributed by atoms with van der Waals surface area (Å²) in [5.41, 5.74) is 0. The molecular weight excluding hydrogens is 215 g/mol. The summed E-state index contributed by atoms with van der Waals surface area (Å²) in [6, 6.07) is 0. The van der Waals surface area contributed by atoms with Gasteiger partial charge in [0.2, 0.25) is 0 Å². The van der Waals surface area contributed by atoms with Crippen LogP contribution >= 0.6 is 0 Å². The topological polar surface area (TPSA) is 38.7 Å². The minimum absolute atomic E-state index is 1.67. The predicted octanol–water partition coefficient (Wildman–Crippen LogP) is 1.29. The molecule has 0 aliphatic carbocycles. The van der Waals surface area contributed by atoms with E-state index in [0.29, 0.717) is 0 Å². The third-order valence-electron chi connectivity index (χ3n) is 0.961. The Hall–Kier alpha value is 0.596. The zero-order valence-corrected chi connectivity index (χ0v) is 12.3. The molecule has 0 saturated carbocycles. The van der Waals surface area contributed by atoms with Crippen molar-refractivity contribution in [3.8, 4) is 0 Å². The fourth-order valence-corrected chi connectivity index (χ4v) is 10.5. The Kier molecular flexibility index (Phi) is 4.18. The highest BCUT2D eigenvalue weighted by Crippen LogP contribution is 2.16. The van der Waals surface area contributed by atoms with Crippen molar-refractivity contribution in [1.29, 1.82) is 0 Å². The highest BCUT2D eigenvalue weighted by Gasteiger charge is 2.36. The molecule has 0 bridgehead atoms. The fourth-order valence-electron chi connectivity index (χ4n) is 1.12. The van der Waals surface area contributed by atoms with Crippen LogP contribution in [0.4, 0.5) is 0 Å². The van der Waals surface area contributed by atoms with Crippen LogP contribution in [-0.2, 0) is 8.23 Å². The van der Waals surface area contributed by atoms with Gasteiger partial charge in [0.1, 0.15) is 7.44 Å². The number of hydrogen-bond donors (Lipinski definition) is 1. The minimum Gasteiger partial charge on any atom is -0.443 e. The van der Waals surface area contributed by atoms with E-state index in [-0.39, 0.29) is 0 Å². The maximum Gasteiger partial charge on any atom is 0.319 e. The molecule has 0 amide bonds. The molecule has 0 aromatic rings. The van der Waals surface area contributed by atoms with Crippen molar-refractivity contribution in [2.75, 3.05) is 0 Å². The van der Waals surface area contributed by atoms with Crippen LogP contribution in [0.25, 0.3) is 0 Å². The van der Waals surface area contributed by atoms with E-state index in [1.807, 2.05) is 0 Å². The van der Waals surface area contributed by atoms with Crippen LogP contribution in [0.3, 0.4) is 0 Å². The number of rotatable bonds is 4. The van der Waals surface area contributed by atoms with Gasteiger partial charge in [-0.05, 0) is 39.3 Å². The Morgan fingerprint density at radius 2 is 1.31 bits per heavy atom. The highest BCUT2D eigenvalue weighted by molar-refractivity contribution is 7.14. The van der Waals surface area contributed by atoms with Crippen LogP contribution < -0.4 is 0 Å². The lowest BCUT2D eigenvalue weighted by molar-refractivity contribution is 0.338. The van der Waals surface area contributed by atoms with Crippen molar-refractivity contribution in [1.82, 2.24) is 0 Å². The molecule has 1 N–H and O–H groups in total. The van der Waals surface area contributed by atoms with Crippen molar-refractivity contribution < 1.29 is 13.0 Å². The molecular formula is C6H19BO3Si3. The third-order valence-corrected chi connectivity index (χ3v) is 8.65. The SMILES string of the molecule is [B][Si](C)(O[Si](C)(C)C)O[Si](C)(C)O. The highest BCUT2D eigenvalue weighted by atomic mass is 28.5. The molecule has 1 unspecified atom stereocenters. The molecule has 0 aliphatic heterocycles. The maximum atomic E-state index is 9.56. The maximum absolute atomic E-state index is 9.56. The van der Waals surface area contributed by atoms with Gasteiger partial charge in [-0.2, -0.15) is 0 Å². The monoisotopic (exact) mass is 234 g/mol. The Morgan fingerprint density at radius 3 is 1.54 bits per heavy atom. The first-order chi connectivity index (χ1) is 5.41. The Bertz CT molecular complexity index is 155. The van der Waals surface area contributed by atoms with E-state index < -0.39 is 25.3 Å². The van der Waals surface area contributed by atoms with Crippen molar-refractivity contribution >= 4 is 32.7 Å². The van der Waals surface area contributed by atoms with Gasteiger partial charge in [-0.25, -0.2) is 0 Å². The van der Waals surface area contributed by atoms with Crippen molar-refractivity contribution in [3.63, 3.8) is 0 Å². The summed E-state index contributed by atoms with van der Waals surface area (Å²) in [4.78, 5) is 9.56. The smallest absolute Gasteiger partial charge is 0.319 e. The van der Waals surface area contributed by atoms with E-state index in [1.165, 1.54) is 0 Å². The van der Waals surface area contributed by atoms with E-state index in [2.05, 4.69) is 19.6 Å². The van der Waals surface area contributed by atoms with E-state index in [9.17, 15) is 4.80 Å². The second-order valence-electron chi connectivity index (χ2n) is 4.78. The first kappa shape index (κ1) is 13.6. The van der Waals surface area contributed by atoms with Gasteiger partial charge >= 0.3 is 8.56 Å². The molecule has 76 valence electrons. The molecule has 0 heterocycles. The van der Waals surface area contributed by atoms with Crippen molar-refractivity contribution in [3.05, 3.63) is 0 Å². The number of hydrogen-bond acceptors (Lipinski definition) is 3. The van der Waals surface area contributed by atoms with E-state index in [0.717, 1.165) is 0 Å². The lowest BCUT2D eigenvalue weighted by Gasteiger charge is -2.35. The molecule has 1 atom stereocenters. The van der Waals surface area contributed by atoms with Crippen LogP contribution in [0.1, 0.15) is 0 Å². The Morgan fingerprint density at radius 1 is 0.923 bits per heavy atom. The summed E-state index contributed by atoms with van der Waals surface area (Å²) in [5.74, 6) is 0. The molecule has 0 aromatic heterocycles. The van der Waals surface area contributed by atoms with Gasteiger partial charge in [0, 0.05) is 0 Å². The normalized spacial score (nSPS) is 18.4. The quantitative estimate of drug-likeness (QED) is 0.745. The van der Waals surface area contributed by atoms with Gasteiger partial charge in [0.25, 0.3) is 8.43 Å². The van der Waals surface area contributed by atoms with E-state index in [1.54, 1.807) is 19.6 Å². The summed E-state index contributed by atoms with van der Waals surface area (Å²) >= 11 is 0. The fraction of sp³-hybridized carbons (Fsp3) is 1.00. The first-order valence-electron chi connectivity index (χ1n) is 4.33. The van der Waals surface area contributed by atoms with Crippen LogP contribution in [0, 0.1) is 0 Å². The Balaban J connectivity index is 4.25. The van der Waals surface area contributed by atoms with E-state index >= 15 is 0 Å². The molecule has 3 nitrogen and oxygen atoms in total. The summed E-state index contributed by atoms with van der Waals surface area (Å²) < 4.78 is 11.1. The first-order valence-corrected chi connectivity index (χ1v) is 13.0. The van der Waals surface area contributed by atoms with Gasteiger partial charge in [0.05, 0.1) is 0 Å². The lowest BCUT2D eigenvalue weighted by Crippen LogP contribution is -2.54. The molecule has 0 saturated heterocycles. The van der Waals surface area contributed by atoms with Crippen LogP contribution in [0.15, 0.2) is 0 Å². The summed E-state index contributed by atoms with van der Waals surface area (Å²) in [5, 5.41) is 0. The van der Waals surface area contributed by atoms with Gasteiger partial charge in [-0.1, -0.05) is 0 Å². The predicted molar refractivity (Wildman–Crippen MR) is 62.6 cm³/mol. The second-order valence-corrected chi connectivity index (χ2v) is 15.6. The van der Waals surface area contributed by atoms with Gasteiger partial charge < -0.3 is 13.0 Å². The molecule has 7 heteroatoms. The third kappa shape index (κ3) is 8.91. The molecule has 0 fully saturated rings. The molecule has 0 spiro atoms. The standard InChI is InChI=1S/C6H19BO3Si3/c1-11(2,3)9-13(6,7)10-12(4,5)8/h8H,1-6H3. The van der Waals surface area contributed by atoms with Crippen LogP contribution in [0.2, 0.25) is 39.3 Å². The summed E-state index contributed by atoms with van der Waals surface area (Å²) in [6.45, 7) is 11.3. The zero-order valence-electron chi connectivity index (χ0n) is 9.34. The zero-order chi connectivity index (χ0) is 10.9. The lowest BCUT2D eigenvalue weighted by atomic mass is 10.8. The van der Waals surface area contributed by atoms with Crippen LogP contribution in [-0.4, -0.2) is 37.5 Å². The summed E-state index contributed by atoms with van der Waals surface area (Å²) in [6.07, 6.45) is 0. The molecule has 2 radical (unpaired) electrons. The van der Waals surface area contributed by atoms with Gasteiger partial charge in [-0.3, -0.25) is 0 Å². The van der Waals surface area contributed by atoms with Gasteiger partial charge in [-0.15, -0.1) is 0 Å². The second kappa shape index (κ2) is 3.99. The molecule has 0 aromatic carbocycles. The van der Waals surface area contributed by atoms with Crippen molar-refractivity contribution in [2.24, 2.45) is 0 Å². The summed E-state index contributed by atoms with van der Waals surface area (Å²) in [7, 11) is -0.936. The Labute approximate surface area is 85.4 Å². The minimum atomic E-state index is -2.60. The molecule has 0 aliphatic rings. The molecule has 13 heavy (non-hydrogen) atoms. The van der Waals surface area contributed by atoms with E-state index in [4.69, 9.17) is 15.7 Å².